The van der Waals surface area contributed by atoms with Crippen LogP contribution in [0.4, 0.5) is 5.69 Å². The molecular formula is C25H26N4O4S2. The van der Waals surface area contributed by atoms with Crippen LogP contribution in [0.25, 0.3) is 21.3 Å². The summed E-state index contributed by atoms with van der Waals surface area (Å²) in [5.74, 6) is -0.416. The van der Waals surface area contributed by atoms with Crippen molar-refractivity contribution in [3.63, 3.8) is 0 Å². The van der Waals surface area contributed by atoms with E-state index in [4.69, 9.17) is 0 Å². The van der Waals surface area contributed by atoms with Crippen molar-refractivity contribution in [2.75, 3.05) is 18.4 Å². The van der Waals surface area contributed by atoms with E-state index >= 15 is 0 Å². The van der Waals surface area contributed by atoms with Gasteiger partial charge in [0.1, 0.15) is 11.4 Å². The number of rotatable bonds is 8. The van der Waals surface area contributed by atoms with Gasteiger partial charge in [0.15, 0.2) is 0 Å². The van der Waals surface area contributed by atoms with E-state index in [2.05, 4.69) is 10.3 Å². The van der Waals surface area contributed by atoms with Gasteiger partial charge in [-0.15, -0.1) is 11.3 Å². The van der Waals surface area contributed by atoms with Gasteiger partial charge in [0, 0.05) is 29.2 Å². The molecular weight excluding hydrogens is 484 g/mol. The Hall–Kier alpha value is -3.34. The zero-order chi connectivity index (χ0) is 25.2. The van der Waals surface area contributed by atoms with Crippen molar-refractivity contribution in [3.05, 3.63) is 76.2 Å². The number of amides is 1. The summed E-state index contributed by atoms with van der Waals surface area (Å²) in [6, 6.07) is 15.6. The summed E-state index contributed by atoms with van der Waals surface area (Å²) in [5, 5.41) is 3.22. The minimum Gasteiger partial charge on any atom is -0.325 e. The molecule has 0 atom stereocenters. The van der Waals surface area contributed by atoms with Crippen molar-refractivity contribution >= 4 is 43.2 Å². The Kier molecular flexibility index (Phi) is 7.15. The topological polar surface area (TPSA) is 101 Å². The number of fused-ring (bicyclic) bond motifs is 1. The molecule has 0 aliphatic rings. The van der Waals surface area contributed by atoms with Gasteiger partial charge in [0.25, 0.3) is 5.56 Å². The van der Waals surface area contributed by atoms with E-state index in [1.165, 1.54) is 50.8 Å². The van der Waals surface area contributed by atoms with Crippen molar-refractivity contribution in [2.24, 2.45) is 0 Å². The van der Waals surface area contributed by atoms with Gasteiger partial charge in [-0.1, -0.05) is 44.2 Å². The predicted octanol–water partition coefficient (Wildman–Crippen LogP) is 4.10. The van der Waals surface area contributed by atoms with Crippen molar-refractivity contribution in [1.82, 2.24) is 13.9 Å². The number of carbonyl (C=O) groups is 1. The standard InChI is InChI=1S/C25H26N4O4S2/c1-4-29(5-2)35(32,33)20-13-11-19(12-14-20)27-21(30)15-28-16-26-24-23(25(28)31)22(17(3)34-24)18-9-7-6-8-10-18/h6-14,16H,4-5,15H2,1-3H3,(H,27,30). The Labute approximate surface area is 207 Å². The monoisotopic (exact) mass is 510 g/mol. The number of sulfonamides is 1. The van der Waals surface area contributed by atoms with Gasteiger partial charge in [0.05, 0.1) is 16.6 Å². The van der Waals surface area contributed by atoms with Crippen molar-refractivity contribution < 1.29 is 13.2 Å². The lowest BCUT2D eigenvalue weighted by molar-refractivity contribution is -0.116. The molecule has 35 heavy (non-hydrogen) atoms. The minimum absolute atomic E-state index is 0.159. The highest BCUT2D eigenvalue weighted by molar-refractivity contribution is 7.89. The Morgan fingerprint density at radius 3 is 2.34 bits per heavy atom. The van der Waals surface area contributed by atoms with Gasteiger partial charge >= 0.3 is 0 Å². The fraction of sp³-hybridized carbons (Fsp3) is 0.240. The summed E-state index contributed by atoms with van der Waals surface area (Å²) in [5.41, 5.74) is 1.92. The molecule has 10 heteroatoms. The van der Waals surface area contributed by atoms with Crippen LogP contribution in [0.3, 0.4) is 0 Å². The van der Waals surface area contributed by atoms with E-state index in [0.29, 0.717) is 29.0 Å². The SMILES string of the molecule is CCN(CC)S(=O)(=O)c1ccc(NC(=O)Cn2cnc3sc(C)c(-c4ccccc4)c3c2=O)cc1. The molecule has 2 heterocycles. The molecule has 0 unspecified atom stereocenters. The molecule has 182 valence electrons. The van der Waals surface area contributed by atoms with Gasteiger partial charge in [-0.25, -0.2) is 13.4 Å². The second-order valence-electron chi connectivity index (χ2n) is 7.92. The number of hydrogen-bond acceptors (Lipinski definition) is 6. The first-order valence-electron chi connectivity index (χ1n) is 11.2. The highest BCUT2D eigenvalue weighted by Gasteiger charge is 2.21. The average molecular weight is 511 g/mol. The largest absolute Gasteiger partial charge is 0.325 e. The Balaban J connectivity index is 1.56. The van der Waals surface area contributed by atoms with Crippen molar-refractivity contribution in [2.45, 2.75) is 32.2 Å². The zero-order valence-electron chi connectivity index (χ0n) is 19.7. The van der Waals surface area contributed by atoms with Crippen LogP contribution in [0.2, 0.25) is 0 Å². The van der Waals surface area contributed by atoms with E-state index in [9.17, 15) is 18.0 Å². The maximum absolute atomic E-state index is 13.3. The smallest absolute Gasteiger partial charge is 0.263 e. The Morgan fingerprint density at radius 1 is 1.06 bits per heavy atom. The van der Waals surface area contributed by atoms with Crippen LogP contribution >= 0.6 is 11.3 Å². The van der Waals surface area contributed by atoms with Crippen LogP contribution in [0.15, 0.2) is 70.6 Å². The second kappa shape index (κ2) is 10.1. The van der Waals surface area contributed by atoms with Gasteiger partial charge in [0.2, 0.25) is 15.9 Å². The van der Waals surface area contributed by atoms with Crippen LogP contribution in [-0.4, -0.2) is 41.3 Å². The number of aromatic nitrogens is 2. The number of thiophene rings is 1. The first-order chi connectivity index (χ1) is 16.8. The molecule has 8 nitrogen and oxygen atoms in total. The normalized spacial score (nSPS) is 11.8. The number of benzene rings is 2. The highest BCUT2D eigenvalue weighted by atomic mass is 32.2. The summed E-state index contributed by atoms with van der Waals surface area (Å²) >= 11 is 1.45. The fourth-order valence-electron chi connectivity index (χ4n) is 3.98. The number of aryl methyl sites for hydroxylation is 1. The molecule has 2 aromatic carbocycles. The van der Waals surface area contributed by atoms with Crippen molar-refractivity contribution in [3.8, 4) is 11.1 Å². The van der Waals surface area contributed by atoms with Gasteiger partial charge in [-0.2, -0.15) is 4.31 Å². The third-order valence-corrected chi connectivity index (χ3v) is 8.79. The average Bonchev–Trinajstić information content (AvgIpc) is 3.19. The molecule has 2 aromatic heterocycles. The number of anilines is 1. The lowest BCUT2D eigenvalue weighted by Gasteiger charge is -2.18. The fourth-order valence-corrected chi connectivity index (χ4v) is 6.44. The summed E-state index contributed by atoms with van der Waals surface area (Å²) in [6.07, 6.45) is 1.38. The molecule has 1 N–H and O–H groups in total. The molecule has 0 fully saturated rings. The maximum atomic E-state index is 13.3. The van der Waals surface area contributed by atoms with Crippen LogP contribution < -0.4 is 10.9 Å². The second-order valence-corrected chi connectivity index (χ2v) is 11.1. The molecule has 0 aliphatic heterocycles. The molecule has 0 spiro atoms. The van der Waals surface area contributed by atoms with Crippen LogP contribution in [0, 0.1) is 6.92 Å². The third kappa shape index (κ3) is 4.90. The van der Waals surface area contributed by atoms with Crippen molar-refractivity contribution in [1.29, 1.82) is 0 Å². The summed E-state index contributed by atoms with van der Waals surface area (Å²) < 4.78 is 27.9. The molecule has 0 saturated heterocycles. The van der Waals surface area contributed by atoms with Gasteiger partial charge in [-0.05, 0) is 36.8 Å². The van der Waals surface area contributed by atoms with E-state index in [0.717, 1.165) is 16.0 Å². The van der Waals surface area contributed by atoms with Crippen LogP contribution in [0.1, 0.15) is 18.7 Å². The molecule has 0 saturated carbocycles. The van der Waals surface area contributed by atoms with Crippen LogP contribution in [-0.2, 0) is 21.4 Å². The van der Waals surface area contributed by atoms with E-state index < -0.39 is 15.9 Å². The lowest BCUT2D eigenvalue weighted by atomic mass is 10.0. The van der Waals surface area contributed by atoms with E-state index in [1.807, 2.05) is 37.3 Å². The molecule has 4 rings (SSSR count). The first-order valence-corrected chi connectivity index (χ1v) is 13.5. The van der Waals surface area contributed by atoms with E-state index in [1.54, 1.807) is 13.8 Å². The molecule has 0 aliphatic carbocycles. The van der Waals surface area contributed by atoms with E-state index in [-0.39, 0.29) is 17.0 Å². The maximum Gasteiger partial charge on any atom is 0.263 e. The Bertz CT molecular complexity index is 1520. The summed E-state index contributed by atoms with van der Waals surface area (Å²) in [6.45, 7) is 6.05. The highest BCUT2D eigenvalue weighted by Crippen LogP contribution is 2.35. The zero-order valence-corrected chi connectivity index (χ0v) is 21.3. The van der Waals surface area contributed by atoms with Crippen LogP contribution in [0.5, 0.6) is 0 Å². The minimum atomic E-state index is -3.58. The third-order valence-electron chi connectivity index (χ3n) is 5.71. The summed E-state index contributed by atoms with van der Waals surface area (Å²) in [7, 11) is -3.58. The van der Waals surface area contributed by atoms with Gasteiger partial charge < -0.3 is 5.32 Å². The Morgan fingerprint density at radius 2 is 1.71 bits per heavy atom. The lowest BCUT2D eigenvalue weighted by Crippen LogP contribution is -2.30. The number of nitrogens with one attached hydrogen (secondary N) is 1. The summed E-state index contributed by atoms with van der Waals surface area (Å²) in [4.78, 5) is 32.2. The predicted molar refractivity (Wildman–Crippen MR) is 139 cm³/mol. The number of nitrogens with zero attached hydrogens (tertiary/aromatic N) is 3. The quantitative estimate of drug-likeness (QED) is 0.385. The molecule has 4 aromatic rings. The molecule has 1 amide bonds. The number of hydrogen-bond donors (Lipinski definition) is 1. The molecule has 0 radical (unpaired) electrons. The molecule has 0 bridgehead atoms. The first kappa shape index (κ1) is 24.8. The number of carbonyl (C=O) groups excluding carboxylic acids is 1. The van der Waals surface area contributed by atoms with Gasteiger partial charge in [-0.3, -0.25) is 14.2 Å².